The quantitative estimate of drug-likeness (QED) is 0.532. The second-order valence-electron chi connectivity index (χ2n) is 10.9. The van der Waals surface area contributed by atoms with Crippen molar-refractivity contribution in [1.82, 2.24) is 5.32 Å². The van der Waals surface area contributed by atoms with Crippen molar-refractivity contribution in [2.45, 2.75) is 77.2 Å². The maximum atomic E-state index is 13.3. The Hall–Kier alpha value is -2.67. The number of aryl methyl sites for hydroxylation is 1. The highest BCUT2D eigenvalue weighted by Crippen LogP contribution is 2.27. The van der Waals surface area contributed by atoms with Crippen LogP contribution in [0.4, 0.5) is 5.69 Å². The van der Waals surface area contributed by atoms with E-state index in [9.17, 15) is 18.0 Å². The van der Waals surface area contributed by atoms with Gasteiger partial charge in [0.1, 0.15) is 6.04 Å². The van der Waals surface area contributed by atoms with Crippen molar-refractivity contribution in [3.05, 3.63) is 59.7 Å². The summed E-state index contributed by atoms with van der Waals surface area (Å²) in [7, 11) is -3.45. The number of hydrogen-bond acceptors (Lipinski definition) is 4. The molecule has 2 amide bonds. The number of carbonyl (C=O) groups is 2. The van der Waals surface area contributed by atoms with Crippen LogP contribution >= 0.6 is 0 Å². The lowest BCUT2D eigenvalue weighted by Gasteiger charge is -2.25. The van der Waals surface area contributed by atoms with E-state index in [2.05, 4.69) is 10.6 Å². The SMILES string of the molecule is Cc1cc(NC(=O)[C@H](Cc2ccccc2)NC(=O)C2CCCCC2)ccc1S(=O)(=O)CC(C)(C)C. The number of benzene rings is 2. The summed E-state index contributed by atoms with van der Waals surface area (Å²) in [6.45, 7) is 7.41. The molecule has 1 aliphatic rings. The highest BCUT2D eigenvalue weighted by atomic mass is 32.2. The number of hydrogen-bond donors (Lipinski definition) is 2. The fraction of sp³-hybridized carbons (Fsp3) is 0.500. The van der Waals surface area contributed by atoms with Crippen molar-refractivity contribution in [1.29, 1.82) is 0 Å². The van der Waals surface area contributed by atoms with E-state index < -0.39 is 15.9 Å². The second-order valence-corrected chi connectivity index (χ2v) is 12.8. The molecule has 3 rings (SSSR count). The molecule has 6 nitrogen and oxygen atoms in total. The third-order valence-corrected chi connectivity index (χ3v) is 8.67. The van der Waals surface area contributed by atoms with Gasteiger partial charge in [-0.2, -0.15) is 0 Å². The van der Waals surface area contributed by atoms with Gasteiger partial charge >= 0.3 is 0 Å². The molecule has 0 heterocycles. The summed E-state index contributed by atoms with van der Waals surface area (Å²) in [5.74, 6) is -0.397. The minimum atomic E-state index is -3.45. The fourth-order valence-corrected chi connectivity index (χ4v) is 6.79. The minimum absolute atomic E-state index is 0.0406. The molecule has 0 bridgehead atoms. The first kappa shape index (κ1) is 26.9. The van der Waals surface area contributed by atoms with Gasteiger partial charge in [0, 0.05) is 18.0 Å². The Morgan fingerprint density at radius 3 is 2.26 bits per heavy atom. The first-order chi connectivity index (χ1) is 16.4. The number of anilines is 1. The van der Waals surface area contributed by atoms with Crippen LogP contribution in [0.2, 0.25) is 0 Å². The van der Waals surface area contributed by atoms with Gasteiger partial charge in [0.05, 0.1) is 10.6 Å². The lowest BCUT2D eigenvalue weighted by atomic mass is 9.88. The Morgan fingerprint density at radius 2 is 1.66 bits per heavy atom. The van der Waals surface area contributed by atoms with Crippen molar-refractivity contribution in [2.24, 2.45) is 11.3 Å². The van der Waals surface area contributed by atoms with Crippen LogP contribution in [0.1, 0.15) is 64.0 Å². The third-order valence-electron chi connectivity index (χ3n) is 6.29. The molecule has 0 spiro atoms. The van der Waals surface area contributed by atoms with E-state index >= 15 is 0 Å². The molecule has 2 N–H and O–H groups in total. The maximum absolute atomic E-state index is 13.3. The zero-order valence-corrected chi connectivity index (χ0v) is 22.1. The van der Waals surface area contributed by atoms with Crippen LogP contribution in [0, 0.1) is 18.3 Å². The Morgan fingerprint density at radius 1 is 1.00 bits per heavy atom. The molecular weight excluding hydrogens is 460 g/mol. The molecule has 190 valence electrons. The molecule has 0 saturated heterocycles. The number of rotatable bonds is 8. The van der Waals surface area contributed by atoms with Crippen LogP contribution in [0.25, 0.3) is 0 Å². The average molecular weight is 499 g/mol. The lowest BCUT2D eigenvalue weighted by molar-refractivity contribution is -0.130. The van der Waals surface area contributed by atoms with Crippen LogP contribution < -0.4 is 10.6 Å². The van der Waals surface area contributed by atoms with E-state index in [0.29, 0.717) is 17.7 Å². The van der Waals surface area contributed by atoms with Gasteiger partial charge in [-0.25, -0.2) is 8.42 Å². The zero-order chi connectivity index (χ0) is 25.6. The van der Waals surface area contributed by atoms with E-state index in [1.165, 1.54) is 0 Å². The van der Waals surface area contributed by atoms with Gasteiger partial charge in [-0.05, 0) is 54.5 Å². The Labute approximate surface area is 209 Å². The smallest absolute Gasteiger partial charge is 0.247 e. The third kappa shape index (κ3) is 7.92. The average Bonchev–Trinajstić information content (AvgIpc) is 2.78. The van der Waals surface area contributed by atoms with Crippen molar-refractivity contribution in [3.63, 3.8) is 0 Å². The molecule has 1 fully saturated rings. The number of nitrogens with one attached hydrogen (secondary N) is 2. The largest absolute Gasteiger partial charge is 0.344 e. The van der Waals surface area contributed by atoms with Crippen LogP contribution in [0.3, 0.4) is 0 Å². The van der Waals surface area contributed by atoms with Gasteiger partial charge in [-0.3, -0.25) is 9.59 Å². The van der Waals surface area contributed by atoms with Crippen LogP contribution in [0.15, 0.2) is 53.4 Å². The Bertz CT molecular complexity index is 1130. The molecule has 1 saturated carbocycles. The fourth-order valence-electron chi connectivity index (χ4n) is 4.67. The topological polar surface area (TPSA) is 92.3 Å². The standard InChI is InChI=1S/C28H38N2O4S/c1-20-17-23(15-16-25(20)35(33,34)19-28(2,3)4)29-27(32)24(18-21-11-7-5-8-12-21)30-26(31)22-13-9-6-10-14-22/h5,7-8,11-12,15-17,22,24H,6,9-10,13-14,18-19H2,1-4H3,(H,29,32)(H,30,31)/t24-/m0/s1. The zero-order valence-electron chi connectivity index (χ0n) is 21.3. The monoisotopic (exact) mass is 498 g/mol. The lowest BCUT2D eigenvalue weighted by Crippen LogP contribution is -2.47. The van der Waals surface area contributed by atoms with Gasteiger partial charge in [0.15, 0.2) is 9.84 Å². The number of amides is 2. The van der Waals surface area contributed by atoms with E-state index in [1.54, 1.807) is 25.1 Å². The molecule has 1 aliphatic carbocycles. The van der Waals surface area contributed by atoms with Crippen LogP contribution in [0.5, 0.6) is 0 Å². The highest BCUT2D eigenvalue weighted by molar-refractivity contribution is 7.91. The van der Waals surface area contributed by atoms with E-state index in [4.69, 9.17) is 0 Å². The van der Waals surface area contributed by atoms with Crippen LogP contribution in [-0.2, 0) is 25.8 Å². The first-order valence-electron chi connectivity index (χ1n) is 12.4. The summed E-state index contributed by atoms with van der Waals surface area (Å²) < 4.78 is 25.7. The number of carbonyl (C=O) groups excluding carboxylic acids is 2. The first-order valence-corrected chi connectivity index (χ1v) is 14.1. The molecule has 7 heteroatoms. The predicted octanol–water partition coefficient (Wildman–Crippen LogP) is 5.06. The maximum Gasteiger partial charge on any atom is 0.247 e. The second kappa shape index (κ2) is 11.4. The molecule has 1 atom stereocenters. The van der Waals surface area contributed by atoms with Crippen molar-refractivity contribution in [3.8, 4) is 0 Å². The molecular formula is C28H38N2O4S. The van der Waals surface area contributed by atoms with Gasteiger partial charge in [-0.1, -0.05) is 70.4 Å². The Kier molecular flexibility index (Phi) is 8.75. The van der Waals surface area contributed by atoms with E-state index in [0.717, 1.165) is 37.7 Å². The molecule has 0 radical (unpaired) electrons. The summed E-state index contributed by atoms with van der Waals surface area (Å²) in [4.78, 5) is 26.5. The predicted molar refractivity (Wildman–Crippen MR) is 140 cm³/mol. The van der Waals surface area contributed by atoms with E-state index in [1.807, 2.05) is 51.1 Å². The van der Waals surface area contributed by atoms with Crippen molar-refractivity contribution in [2.75, 3.05) is 11.1 Å². The van der Waals surface area contributed by atoms with Gasteiger partial charge in [0.2, 0.25) is 11.8 Å². The Balaban J connectivity index is 1.77. The summed E-state index contributed by atoms with van der Waals surface area (Å²) in [6.07, 6.45) is 5.32. The molecule has 0 aromatic heterocycles. The van der Waals surface area contributed by atoms with Gasteiger partial charge < -0.3 is 10.6 Å². The summed E-state index contributed by atoms with van der Waals surface area (Å²) in [5, 5.41) is 5.87. The molecule has 0 unspecified atom stereocenters. The molecule has 35 heavy (non-hydrogen) atoms. The summed E-state index contributed by atoms with van der Waals surface area (Å²) in [6, 6.07) is 13.7. The van der Waals surface area contributed by atoms with Crippen molar-refractivity contribution >= 4 is 27.3 Å². The van der Waals surface area contributed by atoms with Gasteiger partial charge in [-0.15, -0.1) is 0 Å². The minimum Gasteiger partial charge on any atom is -0.344 e. The molecule has 2 aromatic carbocycles. The van der Waals surface area contributed by atoms with Gasteiger partial charge in [0.25, 0.3) is 0 Å². The summed E-state index contributed by atoms with van der Waals surface area (Å²) in [5.41, 5.74) is 1.68. The molecule has 2 aromatic rings. The molecule has 0 aliphatic heterocycles. The normalized spacial score (nSPS) is 15.9. The highest BCUT2D eigenvalue weighted by Gasteiger charge is 2.28. The van der Waals surface area contributed by atoms with Crippen molar-refractivity contribution < 1.29 is 18.0 Å². The summed E-state index contributed by atoms with van der Waals surface area (Å²) >= 11 is 0. The van der Waals surface area contributed by atoms with E-state index in [-0.39, 0.29) is 33.8 Å². The van der Waals surface area contributed by atoms with Crippen LogP contribution in [-0.4, -0.2) is 32.0 Å². The number of sulfone groups is 1.